The number of hydrogen-bond donors (Lipinski definition) is 1. The van der Waals surface area contributed by atoms with Crippen LogP contribution in [0.25, 0.3) is 5.57 Å². The van der Waals surface area contributed by atoms with Crippen LogP contribution in [0.2, 0.25) is 0 Å². The van der Waals surface area contributed by atoms with Crippen LogP contribution in [0.1, 0.15) is 75.0 Å². The molecule has 2 fully saturated rings. The molecule has 0 aliphatic heterocycles. The lowest BCUT2D eigenvalue weighted by Gasteiger charge is -2.47. The van der Waals surface area contributed by atoms with Crippen LogP contribution >= 0.6 is 0 Å². The lowest BCUT2D eigenvalue weighted by molar-refractivity contribution is -0.122. The Morgan fingerprint density at radius 1 is 1.31 bits per heavy atom. The predicted octanol–water partition coefficient (Wildman–Crippen LogP) is 4.93. The summed E-state index contributed by atoms with van der Waals surface area (Å²) in [7, 11) is 1.59. The first kappa shape index (κ1) is 20.5. The minimum absolute atomic E-state index is 0.0803. The molecule has 3 aliphatic carbocycles. The van der Waals surface area contributed by atoms with Gasteiger partial charge in [-0.3, -0.25) is 9.69 Å². The lowest BCUT2D eigenvalue weighted by atomic mass is 9.63. The standard InChI is InChI=1S/C25H35NO3/c1-5-10-26(14-16-6-7-16)22-12-21-19(15(2)3)13-23(29-4)25(28)24(21)20-11-17(27)8-9-18(20)22/h13,16,18,20,22,28H,2,5-12,14H2,1,3-4H3. The van der Waals surface area contributed by atoms with Crippen LogP contribution in [0.3, 0.4) is 0 Å². The van der Waals surface area contributed by atoms with E-state index in [1.807, 2.05) is 13.0 Å². The maximum atomic E-state index is 12.5. The number of phenolic OH excluding ortho intramolecular Hbond substituents is 1. The summed E-state index contributed by atoms with van der Waals surface area (Å²) in [6.07, 6.45) is 6.92. The number of rotatable bonds is 7. The van der Waals surface area contributed by atoms with Gasteiger partial charge in [0.05, 0.1) is 7.11 Å². The van der Waals surface area contributed by atoms with Crippen LogP contribution in [0.5, 0.6) is 11.5 Å². The Bertz CT molecular complexity index is 811. The number of fused-ring (bicyclic) bond motifs is 3. The molecule has 0 amide bonds. The van der Waals surface area contributed by atoms with Crippen molar-refractivity contribution in [3.8, 4) is 11.5 Å². The van der Waals surface area contributed by atoms with Crippen molar-refractivity contribution in [2.75, 3.05) is 20.2 Å². The summed E-state index contributed by atoms with van der Waals surface area (Å²) in [4.78, 5) is 15.2. The van der Waals surface area contributed by atoms with Crippen molar-refractivity contribution >= 4 is 11.4 Å². The van der Waals surface area contributed by atoms with Gasteiger partial charge in [-0.15, -0.1) is 0 Å². The summed E-state index contributed by atoms with van der Waals surface area (Å²) in [6, 6.07) is 2.37. The number of carbonyl (C=O) groups is 1. The SMILES string of the molecule is C=C(C)c1cc(OC)c(O)c2c1CC(N(CCC)CC1CC1)C1CCC(=O)CC21. The molecule has 1 aromatic rings. The minimum Gasteiger partial charge on any atom is -0.504 e. The largest absolute Gasteiger partial charge is 0.504 e. The Hall–Kier alpha value is -1.81. The molecule has 29 heavy (non-hydrogen) atoms. The molecule has 4 heteroatoms. The summed E-state index contributed by atoms with van der Waals surface area (Å²) in [5, 5.41) is 11.1. The maximum absolute atomic E-state index is 12.5. The van der Waals surface area contributed by atoms with Crippen molar-refractivity contribution in [2.24, 2.45) is 11.8 Å². The molecule has 0 spiro atoms. The fraction of sp³-hybridized carbons (Fsp3) is 0.640. The van der Waals surface area contributed by atoms with Crippen molar-refractivity contribution in [3.63, 3.8) is 0 Å². The van der Waals surface area contributed by atoms with Gasteiger partial charge in [0.2, 0.25) is 0 Å². The third-order valence-electron chi connectivity index (χ3n) is 7.26. The van der Waals surface area contributed by atoms with Gasteiger partial charge in [0.1, 0.15) is 5.78 Å². The second-order valence-corrected chi connectivity index (χ2v) is 9.41. The molecule has 4 rings (SSSR count). The zero-order valence-corrected chi connectivity index (χ0v) is 18.2. The Kier molecular flexibility index (Phi) is 5.74. The quantitative estimate of drug-likeness (QED) is 0.708. The molecule has 0 radical (unpaired) electrons. The smallest absolute Gasteiger partial charge is 0.161 e. The molecule has 0 aromatic heterocycles. The van der Waals surface area contributed by atoms with Crippen LogP contribution < -0.4 is 4.74 Å². The molecule has 1 N–H and O–H groups in total. The van der Waals surface area contributed by atoms with Gasteiger partial charge in [0.15, 0.2) is 11.5 Å². The first-order valence-corrected chi connectivity index (χ1v) is 11.3. The average Bonchev–Trinajstić information content (AvgIpc) is 3.50. The van der Waals surface area contributed by atoms with Crippen molar-refractivity contribution < 1.29 is 14.6 Å². The maximum Gasteiger partial charge on any atom is 0.161 e. The zero-order valence-electron chi connectivity index (χ0n) is 18.2. The number of benzene rings is 1. The minimum atomic E-state index is 0.0803. The van der Waals surface area contributed by atoms with E-state index in [1.54, 1.807) is 7.11 Å². The fourth-order valence-electron chi connectivity index (χ4n) is 5.74. The number of ether oxygens (including phenoxy) is 1. The number of nitrogens with zero attached hydrogens (tertiary/aromatic N) is 1. The van der Waals surface area contributed by atoms with Gasteiger partial charge in [-0.2, -0.15) is 0 Å². The number of phenols is 1. The molecule has 1 aromatic carbocycles. The second-order valence-electron chi connectivity index (χ2n) is 9.41. The van der Waals surface area contributed by atoms with E-state index >= 15 is 0 Å². The molecular weight excluding hydrogens is 362 g/mol. The Balaban J connectivity index is 1.82. The molecule has 0 saturated heterocycles. The molecule has 4 nitrogen and oxygen atoms in total. The highest BCUT2D eigenvalue weighted by molar-refractivity contribution is 5.81. The molecule has 0 heterocycles. The molecule has 3 unspecified atom stereocenters. The van der Waals surface area contributed by atoms with Gasteiger partial charge in [0.25, 0.3) is 0 Å². The zero-order chi connectivity index (χ0) is 20.7. The average molecular weight is 398 g/mol. The highest BCUT2D eigenvalue weighted by Gasteiger charge is 2.45. The van der Waals surface area contributed by atoms with Crippen molar-refractivity contribution in [3.05, 3.63) is 29.3 Å². The number of carbonyl (C=O) groups excluding carboxylic acids is 1. The van der Waals surface area contributed by atoms with Crippen LogP contribution in [-0.2, 0) is 11.2 Å². The second kappa shape index (κ2) is 8.14. The monoisotopic (exact) mass is 397 g/mol. The third-order valence-corrected chi connectivity index (χ3v) is 7.26. The van der Waals surface area contributed by atoms with Gasteiger partial charge in [-0.1, -0.05) is 19.1 Å². The van der Waals surface area contributed by atoms with E-state index in [-0.39, 0.29) is 11.7 Å². The Morgan fingerprint density at radius 3 is 2.69 bits per heavy atom. The number of Topliss-reactive ketones (excluding diaryl/α,β-unsaturated/α-hetero) is 1. The van der Waals surface area contributed by atoms with Crippen molar-refractivity contribution in [2.45, 2.75) is 70.8 Å². The number of hydrogen-bond acceptors (Lipinski definition) is 4. The molecule has 2 saturated carbocycles. The molecule has 158 valence electrons. The van der Waals surface area contributed by atoms with Gasteiger partial charge in [-0.25, -0.2) is 0 Å². The number of ketones is 1. The van der Waals surface area contributed by atoms with E-state index < -0.39 is 0 Å². The number of allylic oxidation sites excluding steroid dienone is 1. The summed E-state index contributed by atoms with van der Waals surface area (Å²) in [6.45, 7) is 10.8. The van der Waals surface area contributed by atoms with E-state index in [9.17, 15) is 9.90 Å². The summed E-state index contributed by atoms with van der Waals surface area (Å²) >= 11 is 0. The van der Waals surface area contributed by atoms with Gasteiger partial charge < -0.3 is 9.84 Å². The predicted molar refractivity (Wildman–Crippen MR) is 117 cm³/mol. The molecular formula is C25H35NO3. The van der Waals surface area contributed by atoms with Crippen molar-refractivity contribution in [1.29, 1.82) is 0 Å². The summed E-state index contributed by atoms with van der Waals surface area (Å²) in [5.74, 6) is 2.40. The van der Waals surface area contributed by atoms with Gasteiger partial charge in [-0.05, 0) is 80.5 Å². The first-order chi connectivity index (χ1) is 13.9. The lowest BCUT2D eigenvalue weighted by Crippen LogP contribution is -2.49. The molecule has 3 aliphatic rings. The Labute approximate surface area is 174 Å². The third kappa shape index (κ3) is 3.84. The van der Waals surface area contributed by atoms with E-state index in [1.165, 1.54) is 24.9 Å². The normalized spacial score (nSPS) is 26.2. The highest BCUT2D eigenvalue weighted by Crippen LogP contribution is 2.53. The fourth-order valence-corrected chi connectivity index (χ4v) is 5.74. The summed E-state index contributed by atoms with van der Waals surface area (Å²) < 4.78 is 5.50. The van der Waals surface area contributed by atoms with Crippen LogP contribution in [0.4, 0.5) is 0 Å². The first-order valence-electron chi connectivity index (χ1n) is 11.3. The number of aromatic hydroxyl groups is 1. The topological polar surface area (TPSA) is 49.8 Å². The van der Waals surface area contributed by atoms with Crippen molar-refractivity contribution in [1.82, 2.24) is 4.90 Å². The molecule has 3 atom stereocenters. The van der Waals surface area contributed by atoms with E-state index in [4.69, 9.17) is 4.74 Å². The number of methoxy groups -OCH3 is 1. The van der Waals surface area contributed by atoms with Gasteiger partial charge >= 0.3 is 0 Å². The summed E-state index contributed by atoms with van der Waals surface area (Å²) in [5.41, 5.74) is 4.22. The van der Waals surface area contributed by atoms with Crippen LogP contribution in [0.15, 0.2) is 12.6 Å². The van der Waals surface area contributed by atoms with Crippen LogP contribution in [-0.4, -0.2) is 42.0 Å². The van der Waals surface area contributed by atoms with E-state index in [0.29, 0.717) is 36.3 Å². The van der Waals surface area contributed by atoms with Crippen LogP contribution in [0, 0.1) is 11.8 Å². The van der Waals surface area contributed by atoms with E-state index in [2.05, 4.69) is 18.4 Å². The molecule has 0 bridgehead atoms. The Morgan fingerprint density at radius 2 is 2.07 bits per heavy atom. The van der Waals surface area contributed by atoms with E-state index in [0.717, 1.165) is 48.4 Å². The highest BCUT2D eigenvalue weighted by atomic mass is 16.5. The van der Waals surface area contributed by atoms with Gasteiger partial charge in [0, 0.05) is 31.0 Å².